The molecule has 4 heteroatoms. The Morgan fingerprint density at radius 2 is 1.43 bits per heavy atom. The van der Waals surface area contributed by atoms with Crippen molar-refractivity contribution in [3.05, 3.63) is 29.6 Å². The fraction of sp³-hybridized carbons (Fsp3) is 0.400. The fourth-order valence-electron chi connectivity index (χ4n) is 0.945. The zero-order valence-electron chi connectivity index (χ0n) is 8.20. The molecule has 1 rings (SSSR count). The van der Waals surface area contributed by atoms with Crippen molar-refractivity contribution in [2.75, 3.05) is 0 Å². The highest BCUT2D eigenvalue weighted by Crippen LogP contribution is 2.22. The average Bonchev–Trinajstić information content (AvgIpc) is 1.96. The van der Waals surface area contributed by atoms with Gasteiger partial charge in [-0.15, -0.1) is 0 Å². The number of halogens is 3. The zero-order valence-corrected chi connectivity index (χ0v) is 8.20. The van der Waals surface area contributed by atoms with E-state index in [0.29, 0.717) is 0 Å². The molecule has 0 atom stereocenters. The SMILES string of the molecule is CC(C)(C)Oc1cc(F)c(F)c(F)c1. The molecule has 0 unspecified atom stereocenters. The lowest BCUT2D eigenvalue weighted by Crippen LogP contribution is -2.23. The molecule has 0 aliphatic carbocycles. The van der Waals surface area contributed by atoms with Crippen LogP contribution in [0, 0.1) is 17.5 Å². The van der Waals surface area contributed by atoms with Crippen LogP contribution < -0.4 is 4.74 Å². The lowest BCUT2D eigenvalue weighted by molar-refractivity contribution is 0.129. The summed E-state index contributed by atoms with van der Waals surface area (Å²) < 4.78 is 43.2. The lowest BCUT2D eigenvalue weighted by atomic mass is 10.2. The van der Waals surface area contributed by atoms with Gasteiger partial charge in [0.15, 0.2) is 17.5 Å². The summed E-state index contributed by atoms with van der Waals surface area (Å²) in [5.41, 5.74) is -0.573. The molecule has 0 aromatic heterocycles. The average molecular weight is 204 g/mol. The molecule has 0 heterocycles. The van der Waals surface area contributed by atoms with Gasteiger partial charge in [0, 0.05) is 12.1 Å². The second-order valence-electron chi connectivity index (χ2n) is 3.92. The third-order valence-electron chi connectivity index (χ3n) is 1.38. The van der Waals surface area contributed by atoms with Crippen LogP contribution in [0.4, 0.5) is 13.2 Å². The zero-order chi connectivity index (χ0) is 10.9. The molecule has 0 fully saturated rings. The van der Waals surface area contributed by atoms with Gasteiger partial charge in [-0.3, -0.25) is 0 Å². The van der Waals surface area contributed by atoms with Crippen LogP contribution >= 0.6 is 0 Å². The Kier molecular flexibility index (Phi) is 2.73. The second-order valence-corrected chi connectivity index (χ2v) is 3.92. The first kappa shape index (κ1) is 10.9. The number of hydrogen-bond donors (Lipinski definition) is 0. The molecule has 0 spiro atoms. The fourth-order valence-corrected chi connectivity index (χ4v) is 0.945. The minimum Gasteiger partial charge on any atom is -0.488 e. The monoisotopic (exact) mass is 204 g/mol. The minimum absolute atomic E-state index is 0.0195. The van der Waals surface area contributed by atoms with Crippen molar-refractivity contribution in [2.45, 2.75) is 26.4 Å². The van der Waals surface area contributed by atoms with Gasteiger partial charge < -0.3 is 4.74 Å². The summed E-state index contributed by atoms with van der Waals surface area (Å²) >= 11 is 0. The first-order valence-electron chi connectivity index (χ1n) is 4.13. The summed E-state index contributed by atoms with van der Waals surface area (Å²) in [6.07, 6.45) is 0. The molecule has 1 nitrogen and oxygen atoms in total. The van der Waals surface area contributed by atoms with Crippen LogP contribution in [0.5, 0.6) is 5.75 Å². The maximum Gasteiger partial charge on any atom is 0.194 e. The predicted octanol–water partition coefficient (Wildman–Crippen LogP) is 3.28. The summed E-state index contributed by atoms with van der Waals surface area (Å²) in [6.45, 7) is 5.19. The highest BCUT2D eigenvalue weighted by Gasteiger charge is 2.16. The normalized spacial score (nSPS) is 11.6. The van der Waals surface area contributed by atoms with Gasteiger partial charge in [0.25, 0.3) is 0 Å². The largest absolute Gasteiger partial charge is 0.488 e. The highest BCUT2D eigenvalue weighted by atomic mass is 19.2. The van der Waals surface area contributed by atoms with E-state index in [4.69, 9.17) is 4.74 Å². The van der Waals surface area contributed by atoms with Crippen LogP contribution in [-0.4, -0.2) is 5.60 Å². The number of ether oxygens (including phenoxy) is 1. The van der Waals surface area contributed by atoms with E-state index in [1.165, 1.54) is 0 Å². The van der Waals surface area contributed by atoms with Gasteiger partial charge >= 0.3 is 0 Å². The van der Waals surface area contributed by atoms with Crippen molar-refractivity contribution in [1.82, 2.24) is 0 Å². The van der Waals surface area contributed by atoms with Crippen molar-refractivity contribution in [2.24, 2.45) is 0 Å². The van der Waals surface area contributed by atoms with Gasteiger partial charge in [0.1, 0.15) is 11.4 Å². The van der Waals surface area contributed by atoms with Crippen LogP contribution in [0.2, 0.25) is 0 Å². The Hall–Kier alpha value is -1.19. The van der Waals surface area contributed by atoms with Gasteiger partial charge in [-0.2, -0.15) is 0 Å². The van der Waals surface area contributed by atoms with E-state index in [-0.39, 0.29) is 5.75 Å². The van der Waals surface area contributed by atoms with Crippen molar-refractivity contribution < 1.29 is 17.9 Å². The maximum atomic E-state index is 12.7. The van der Waals surface area contributed by atoms with E-state index in [0.717, 1.165) is 12.1 Å². The number of rotatable bonds is 1. The van der Waals surface area contributed by atoms with Crippen molar-refractivity contribution in [3.63, 3.8) is 0 Å². The van der Waals surface area contributed by atoms with E-state index < -0.39 is 23.1 Å². The minimum atomic E-state index is -1.48. The predicted molar refractivity (Wildman–Crippen MR) is 46.7 cm³/mol. The van der Waals surface area contributed by atoms with Crippen LogP contribution in [-0.2, 0) is 0 Å². The smallest absolute Gasteiger partial charge is 0.194 e. The Bertz CT molecular complexity index is 319. The molecule has 0 saturated heterocycles. The Morgan fingerprint density at radius 1 is 1.00 bits per heavy atom. The molecule has 14 heavy (non-hydrogen) atoms. The molecule has 0 amide bonds. The third kappa shape index (κ3) is 2.65. The van der Waals surface area contributed by atoms with Crippen LogP contribution in [0.25, 0.3) is 0 Å². The molecule has 1 aromatic carbocycles. The molecule has 0 bridgehead atoms. The van der Waals surface area contributed by atoms with E-state index in [1.807, 2.05) is 0 Å². The quantitative estimate of drug-likeness (QED) is 0.638. The topological polar surface area (TPSA) is 9.23 Å². The van der Waals surface area contributed by atoms with Crippen LogP contribution in [0.3, 0.4) is 0 Å². The van der Waals surface area contributed by atoms with Gasteiger partial charge in [0.2, 0.25) is 0 Å². The van der Waals surface area contributed by atoms with Crippen molar-refractivity contribution in [1.29, 1.82) is 0 Å². The molecule has 0 saturated carbocycles. The molecule has 0 aliphatic rings. The molecule has 0 radical (unpaired) electrons. The summed E-state index contributed by atoms with van der Waals surface area (Å²) in [5, 5.41) is 0. The molecule has 0 N–H and O–H groups in total. The van der Waals surface area contributed by atoms with E-state index >= 15 is 0 Å². The molecule has 0 aliphatic heterocycles. The van der Waals surface area contributed by atoms with E-state index in [1.54, 1.807) is 20.8 Å². The standard InChI is InChI=1S/C10H11F3O/c1-10(2,3)14-6-4-7(11)9(13)8(12)5-6/h4-5H,1-3H3. The van der Waals surface area contributed by atoms with Gasteiger partial charge in [-0.1, -0.05) is 0 Å². The summed E-state index contributed by atoms with van der Waals surface area (Å²) in [7, 11) is 0. The number of hydrogen-bond acceptors (Lipinski definition) is 1. The van der Waals surface area contributed by atoms with Gasteiger partial charge in [0.05, 0.1) is 0 Å². The van der Waals surface area contributed by atoms with E-state index in [2.05, 4.69) is 0 Å². The third-order valence-corrected chi connectivity index (χ3v) is 1.38. The van der Waals surface area contributed by atoms with Gasteiger partial charge in [-0.25, -0.2) is 13.2 Å². The Morgan fingerprint density at radius 3 is 1.79 bits per heavy atom. The molecular weight excluding hydrogens is 193 g/mol. The first-order valence-corrected chi connectivity index (χ1v) is 4.13. The van der Waals surface area contributed by atoms with Crippen molar-refractivity contribution in [3.8, 4) is 5.75 Å². The molecular formula is C10H11F3O. The van der Waals surface area contributed by atoms with Crippen LogP contribution in [0.1, 0.15) is 20.8 Å². The Labute approximate surface area is 80.5 Å². The van der Waals surface area contributed by atoms with Crippen LogP contribution in [0.15, 0.2) is 12.1 Å². The summed E-state index contributed by atoms with van der Waals surface area (Å²) in [4.78, 5) is 0. The summed E-state index contributed by atoms with van der Waals surface area (Å²) in [5.74, 6) is -3.99. The Balaban J connectivity index is 3.02. The summed E-state index contributed by atoms with van der Waals surface area (Å²) in [6, 6.07) is 1.65. The van der Waals surface area contributed by atoms with E-state index in [9.17, 15) is 13.2 Å². The first-order chi connectivity index (χ1) is 6.29. The second kappa shape index (κ2) is 3.52. The lowest BCUT2D eigenvalue weighted by Gasteiger charge is -2.21. The molecule has 1 aromatic rings. The van der Waals surface area contributed by atoms with Crippen molar-refractivity contribution >= 4 is 0 Å². The number of benzene rings is 1. The maximum absolute atomic E-state index is 12.7. The molecule has 78 valence electrons. The highest BCUT2D eigenvalue weighted by molar-refractivity contribution is 5.25. The van der Waals surface area contributed by atoms with Gasteiger partial charge in [-0.05, 0) is 20.8 Å².